The minimum absolute atomic E-state index is 0.0383. The van der Waals surface area contributed by atoms with Crippen molar-refractivity contribution in [2.45, 2.75) is 25.9 Å². The van der Waals surface area contributed by atoms with Crippen LogP contribution in [0.4, 0.5) is 0 Å². The van der Waals surface area contributed by atoms with Crippen molar-refractivity contribution in [3.63, 3.8) is 0 Å². The van der Waals surface area contributed by atoms with Crippen LogP contribution in [0.5, 0.6) is 0 Å². The fraction of sp³-hybridized carbons (Fsp3) is 0.273. The smallest absolute Gasteiger partial charge is 0.349 e. The van der Waals surface area contributed by atoms with Crippen molar-refractivity contribution < 1.29 is 14.1 Å². The predicted molar refractivity (Wildman–Crippen MR) is 104 cm³/mol. The van der Waals surface area contributed by atoms with E-state index in [4.69, 9.17) is 4.42 Å². The molecule has 0 aliphatic carbocycles. The first-order chi connectivity index (χ1) is 13.2. The standard InChI is InChI=1S/C22H22N2O3/c25-21(19-13-16-7-3-4-10-20(16)27-22(19)26)23-14-17-8-1-2-9-18(17)15-24-11-5-6-12-24/h1-4,7-10,13H,5-6,11-12,14-15H2,(H,23,25)/p+1. The normalized spacial score (nSPS) is 14.5. The summed E-state index contributed by atoms with van der Waals surface area (Å²) in [5.41, 5.74) is 2.26. The van der Waals surface area contributed by atoms with Crippen molar-refractivity contribution in [2.24, 2.45) is 0 Å². The fourth-order valence-corrected chi connectivity index (χ4v) is 3.71. The first-order valence-electron chi connectivity index (χ1n) is 9.42. The van der Waals surface area contributed by atoms with Gasteiger partial charge in [-0.25, -0.2) is 4.79 Å². The lowest BCUT2D eigenvalue weighted by Crippen LogP contribution is -3.08. The largest absolute Gasteiger partial charge is 0.422 e. The molecule has 1 aromatic heterocycles. The Labute approximate surface area is 157 Å². The van der Waals surface area contributed by atoms with Crippen LogP contribution in [-0.4, -0.2) is 19.0 Å². The van der Waals surface area contributed by atoms with Crippen LogP contribution in [0.3, 0.4) is 0 Å². The van der Waals surface area contributed by atoms with Gasteiger partial charge in [0.25, 0.3) is 5.91 Å². The summed E-state index contributed by atoms with van der Waals surface area (Å²) in [4.78, 5) is 26.3. The number of fused-ring (bicyclic) bond motifs is 1. The zero-order chi connectivity index (χ0) is 18.6. The summed E-state index contributed by atoms with van der Waals surface area (Å²) in [5.74, 6) is -0.405. The van der Waals surface area contributed by atoms with Crippen molar-refractivity contribution in [3.05, 3.63) is 81.7 Å². The number of rotatable bonds is 5. The van der Waals surface area contributed by atoms with Crippen LogP contribution in [-0.2, 0) is 13.1 Å². The molecule has 4 rings (SSSR count). The SMILES string of the molecule is O=C(NCc1ccccc1C[NH+]1CCCC1)c1cc2ccccc2oc1=O. The van der Waals surface area contributed by atoms with E-state index in [2.05, 4.69) is 11.4 Å². The molecule has 1 aliphatic rings. The Balaban J connectivity index is 1.50. The highest BCUT2D eigenvalue weighted by atomic mass is 16.4. The molecule has 138 valence electrons. The number of nitrogens with one attached hydrogen (secondary N) is 2. The number of benzene rings is 2. The maximum absolute atomic E-state index is 12.6. The molecule has 0 bridgehead atoms. The van der Waals surface area contributed by atoms with E-state index in [1.807, 2.05) is 30.3 Å². The lowest BCUT2D eigenvalue weighted by Gasteiger charge is -2.15. The summed E-state index contributed by atoms with van der Waals surface area (Å²) in [5, 5.41) is 3.61. The van der Waals surface area contributed by atoms with Gasteiger partial charge in [-0.1, -0.05) is 42.5 Å². The first-order valence-corrected chi connectivity index (χ1v) is 9.42. The number of likely N-dealkylation sites (tertiary alicyclic amines) is 1. The molecular weight excluding hydrogens is 340 g/mol. The van der Waals surface area contributed by atoms with Crippen LogP contribution in [0.2, 0.25) is 0 Å². The van der Waals surface area contributed by atoms with Crippen LogP contribution in [0.1, 0.15) is 34.3 Å². The van der Waals surface area contributed by atoms with Crippen LogP contribution >= 0.6 is 0 Å². The second-order valence-corrected chi connectivity index (χ2v) is 7.07. The van der Waals surface area contributed by atoms with E-state index in [9.17, 15) is 9.59 Å². The minimum Gasteiger partial charge on any atom is -0.422 e. The van der Waals surface area contributed by atoms with Gasteiger partial charge in [0.1, 0.15) is 17.7 Å². The summed E-state index contributed by atoms with van der Waals surface area (Å²) >= 11 is 0. The summed E-state index contributed by atoms with van der Waals surface area (Å²) in [6.45, 7) is 3.79. The second kappa shape index (κ2) is 7.76. The Bertz CT molecular complexity index is 1020. The van der Waals surface area contributed by atoms with E-state index in [-0.39, 0.29) is 5.56 Å². The molecule has 0 radical (unpaired) electrons. The molecule has 1 aliphatic heterocycles. The molecule has 1 saturated heterocycles. The second-order valence-electron chi connectivity index (χ2n) is 7.07. The molecule has 0 atom stereocenters. The maximum atomic E-state index is 12.6. The number of hydrogen-bond acceptors (Lipinski definition) is 3. The molecule has 0 saturated carbocycles. The van der Waals surface area contributed by atoms with Gasteiger partial charge in [-0.15, -0.1) is 0 Å². The third-order valence-electron chi connectivity index (χ3n) is 5.19. The Morgan fingerprint density at radius 1 is 1.00 bits per heavy atom. The van der Waals surface area contributed by atoms with E-state index >= 15 is 0 Å². The van der Waals surface area contributed by atoms with Crippen molar-refractivity contribution in [1.82, 2.24) is 5.32 Å². The summed E-state index contributed by atoms with van der Waals surface area (Å²) < 4.78 is 5.26. The number of quaternary nitrogens is 1. The zero-order valence-corrected chi connectivity index (χ0v) is 15.2. The molecule has 2 aromatic carbocycles. The number of carbonyl (C=O) groups excluding carboxylic acids is 1. The molecule has 0 spiro atoms. The van der Waals surface area contributed by atoms with Crippen LogP contribution in [0.25, 0.3) is 11.0 Å². The Kier molecular flexibility index (Phi) is 5.03. The van der Waals surface area contributed by atoms with Crippen molar-refractivity contribution >= 4 is 16.9 Å². The van der Waals surface area contributed by atoms with Gasteiger partial charge in [-0.3, -0.25) is 4.79 Å². The van der Waals surface area contributed by atoms with Gasteiger partial charge in [0, 0.05) is 30.3 Å². The number of amides is 1. The lowest BCUT2D eigenvalue weighted by molar-refractivity contribution is -0.901. The van der Waals surface area contributed by atoms with Gasteiger partial charge in [0.05, 0.1) is 13.1 Å². The molecule has 1 amide bonds. The van der Waals surface area contributed by atoms with Crippen LogP contribution in [0, 0.1) is 0 Å². The number of hydrogen-bond donors (Lipinski definition) is 2. The fourth-order valence-electron chi connectivity index (χ4n) is 3.71. The Morgan fingerprint density at radius 3 is 2.52 bits per heavy atom. The molecule has 0 unspecified atom stereocenters. The van der Waals surface area contributed by atoms with Gasteiger partial charge in [0.15, 0.2) is 0 Å². The third-order valence-corrected chi connectivity index (χ3v) is 5.19. The van der Waals surface area contributed by atoms with Gasteiger partial charge >= 0.3 is 5.63 Å². The Hall–Kier alpha value is -2.92. The van der Waals surface area contributed by atoms with Gasteiger partial charge in [0.2, 0.25) is 0 Å². The van der Waals surface area contributed by atoms with E-state index in [1.54, 1.807) is 23.1 Å². The molecule has 5 heteroatoms. The van der Waals surface area contributed by atoms with Crippen molar-refractivity contribution in [2.75, 3.05) is 13.1 Å². The highest BCUT2D eigenvalue weighted by Crippen LogP contribution is 2.13. The first kappa shape index (κ1) is 17.5. The lowest BCUT2D eigenvalue weighted by atomic mass is 10.1. The monoisotopic (exact) mass is 363 g/mol. The quantitative estimate of drug-likeness (QED) is 0.681. The van der Waals surface area contributed by atoms with E-state index in [0.717, 1.165) is 17.5 Å². The van der Waals surface area contributed by atoms with Gasteiger partial charge < -0.3 is 14.6 Å². The predicted octanol–water partition coefficient (Wildman–Crippen LogP) is 1.90. The van der Waals surface area contributed by atoms with E-state index < -0.39 is 11.5 Å². The maximum Gasteiger partial charge on any atom is 0.349 e. The molecule has 2 N–H and O–H groups in total. The average Bonchev–Trinajstić information content (AvgIpc) is 3.19. The highest BCUT2D eigenvalue weighted by molar-refractivity contribution is 5.96. The third kappa shape index (κ3) is 3.93. The molecule has 1 fully saturated rings. The summed E-state index contributed by atoms with van der Waals surface area (Å²) in [6.07, 6.45) is 2.57. The molecule has 27 heavy (non-hydrogen) atoms. The minimum atomic E-state index is -0.610. The highest BCUT2D eigenvalue weighted by Gasteiger charge is 2.18. The van der Waals surface area contributed by atoms with Crippen LogP contribution < -0.4 is 15.8 Å². The zero-order valence-electron chi connectivity index (χ0n) is 15.2. The molecule has 3 aromatic rings. The molecular formula is C22H23N2O3+. The van der Waals surface area contributed by atoms with Crippen LogP contribution in [0.15, 0.2) is 63.8 Å². The number of para-hydroxylation sites is 1. The van der Waals surface area contributed by atoms with E-state index in [1.165, 1.54) is 31.5 Å². The molecule has 2 heterocycles. The summed E-state index contributed by atoms with van der Waals surface area (Å²) in [6, 6.07) is 17.0. The van der Waals surface area contributed by atoms with E-state index in [0.29, 0.717) is 12.1 Å². The van der Waals surface area contributed by atoms with Gasteiger partial charge in [-0.05, 0) is 17.7 Å². The summed E-state index contributed by atoms with van der Waals surface area (Å²) in [7, 11) is 0. The topological polar surface area (TPSA) is 63.8 Å². The van der Waals surface area contributed by atoms with Crippen molar-refractivity contribution in [3.8, 4) is 0 Å². The number of carbonyl (C=O) groups is 1. The Morgan fingerprint density at radius 2 is 1.70 bits per heavy atom. The van der Waals surface area contributed by atoms with Crippen molar-refractivity contribution in [1.29, 1.82) is 0 Å². The van der Waals surface area contributed by atoms with Gasteiger partial charge in [-0.2, -0.15) is 0 Å². The average molecular weight is 363 g/mol. The molecule has 5 nitrogen and oxygen atoms in total.